The summed E-state index contributed by atoms with van der Waals surface area (Å²) in [6.45, 7) is 4.18. The third-order valence-corrected chi connectivity index (χ3v) is 7.49. The summed E-state index contributed by atoms with van der Waals surface area (Å²) in [7, 11) is 1.63. The van der Waals surface area contributed by atoms with Gasteiger partial charge in [0.05, 0.1) is 10.7 Å². The first kappa shape index (κ1) is 27.7. The van der Waals surface area contributed by atoms with Crippen molar-refractivity contribution in [2.75, 3.05) is 31.1 Å². The second-order valence-corrected chi connectivity index (χ2v) is 10.5. The predicted molar refractivity (Wildman–Crippen MR) is 154 cm³/mol. The van der Waals surface area contributed by atoms with Crippen LogP contribution in [-0.2, 0) is 13.6 Å². The van der Waals surface area contributed by atoms with Crippen LogP contribution in [0, 0.1) is 5.82 Å². The number of nitrogens with zero attached hydrogens (tertiary/aromatic N) is 4. The summed E-state index contributed by atoms with van der Waals surface area (Å²) in [6.07, 6.45) is 5.18. The van der Waals surface area contributed by atoms with E-state index in [1.54, 1.807) is 49.9 Å². The number of nitrogens with one attached hydrogen (secondary N) is 1. The van der Waals surface area contributed by atoms with Crippen molar-refractivity contribution in [3.05, 3.63) is 86.7 Å². The summed E-state index contributed by atoms with van der Waals surface area (Å²) in [6, 6.07) is 9.20. The van der Waals surface area contributed by atoms with Gasteiger partial charge in [-0.3, -0.25) is 9.36 Å². The maximum atomic E-state index is 15.1. The molecule has 0 amide bonds. The van der Waals surface area contributed by atoms with Crippen LogP contribution < -0.4 is 21.5 Å². The molecule has 4 aromatic rings. The second-order valence-electron chi connectivity index (χ2n) is 10.1. The number of phenols is 1. The Labute approximate surface area is 235 Å². The Morgan fingerprint density at radius 3 is 2.48 bits per heavy atom. The average molecular weight is 568 g/mol. The fourth-order valence-electron chi connectivity index (χ4n) is 5.11. The molecule has 5 rings (SSSR count). The largest absolute Gasteiger partial charge is 0.507 e. The van der Waals surface area contributed by atoms with Crippen molar-refractivity contribution >= 4 is 17.3 Å². The number of aryl methyl sites for hydroxylation is 2. The van der Waals surface area contributed by atoms with Gasteiger partial charge in [0.2, 0.25) is 0 Å². The quantitative estimate of drug-likeness (QED) is 0.316. The van der Waals surface area contributed by atoms with Gasteiger partial charge in [-0.25, -0.2) is 9.18 Å². The first-order chi connectivity index (χ1) is 19.2. The number of rotatable bonds is 7. The molecule has 11 heteroatoms. The highest BCUT2D eigenvalue weighted by molar-refractivity contribution is 6.32. The maximum Gasteiger partial charge on any atom is 0.332 e. The van der Waals surface area contributed by atoms with Gasteiger partial charge < -0.3 is 29.6 Å². The minimum Gasteiger partial charge on any atom is -0.507 e. The number of pyridine rings is 1. The maximum absolute atomic E-state index is 15.1. The van der Waals surface area contributed by atoms with Crippen LogP contribution in [0.2, 0.25) is 5.02 Å². The summed E-state index contributed by atoms with van der Waals surface area (Å²) in [5, 5.41) is 24.4. The lowest BCUT2D eigenvalue weighted by Crippen LogP contribution is -2.51. The summed E-state index contributed by atoms with van der Waals surface area (Å²) in [4.78, 5) is 27.7. The smallest absolute Gasteiger partial charge is 0.332 e. The number of hydrogen-bond acceptors (Lipinski definition) is 6. The number of aromatic nitrogens is 3. The summed E-state index contributed by atoms with van der Waals surface area (Å²) in [5.41, 5.74) is 1.80. The van der Waals surface area contributed by atoms with Gasteiger partial charge in [-0.05, 0) is 49.2 Å². The van der Waals surface area contributed by atoms with Gasteiger partial charge >= 0.3 is 5.69 Å². The zero-order chi connectivity index (χ0) is 28.6. The monoisotopic (exact) mass is 567 g/mol. The Kier molecular flexibility index (Phi) is 7.84. The van der Waals surface area contributed by atoms with Crippen molar-refractivity contribution in [3.63, 3.8) is 0 Å². The van der Waals surface area contributed by atoms with Gasteiger partial charge in [0, 0.05) is 81.2 Å². The lowest BCUT2D eigenvalue weighted by molar-refractivity contribution is 0.279. The summed E-state index contributed by atoms with van der Waals surface area (Å²) in [5.74, 6) is -0.748. The van der Waals surface area contributed by atoms with Crippen molar-refractivity contribution in [3.8, 4) is 33.7 Å². The second kappa shape index (κ2) is 11.3. The number of benzene rings is 2. The van der Waals surface area contributed by atoms with Crippen molar-refractivity contribution in [1.29, 1.82) is 0 Å². The normalized spacial score (nSPS) is 15.5. The van der Waals surface area contributed by atoms with Crippen molar-refractivity contribution in [2.24, 2.45) is 7.05 Å². The SMILES string of the molecule is C[C@@H]1CN(c2cc(-c3cc(F)cc(-c4ccc(-n5ccn(C)c5=O)c(Cl)c4)c3O)cn(CCCO)c2=O)CCN1. The Balaban J connectivity index is 1.62. The molecular formula is C29H31ClFN5O4. The van der Waals surface area contributed by atoms with Gasteiger partial charge in [-0.1, -0.05) is 17.7 Å². The third-order valence-electron chi connectivity index (χ3n) is 7.18. The van der Waals surface area contributed by atoms with Gasteiger partial charge in [-0.2, -0.15) is 0 Å². The molecule has 1 saturated heterocycles. The molecule has 2 aromatic heterocycles. The standard InChI is InChI=1S/C29H31ClFN5O4/c1-18-16-34(8-6-32-18)26-13-20(17-35(28(26)39)7-3-11-37)23-15-21(31)14-22(27(23)38)19-4-5-25(24(30)12-19)36-10-9-33(2)29(36)40/h4-5,9-10,12-15,17-18,32,37-38H,3,6-8,11,16H2,1-2H3/t18-/m1/s1. The number of hydrogen-bond donors (Lipinski definition) is 3. The highest BCUT2D eigenvalue weighted by atomic mass is 35.5. The molecule has 0 unspecified atom stereocenters. The van der Waals surface area contributed by atoms with Crippen LogP contribution in [-0.4, -0.2) is 56.2 Å². The molecule has 3 heterocycles. The zero-order valence-electron chi connectivity index (χ0n) is 22.3. The van der Waals surface area contributed by atoms with Crippen molar-refractivity contribution < 1.29 is 14.6 Å². The molecule has 1 aliphatic rings. The van der Waals surface area contributed by atoms with E-state index in [4.69, 9.17) is 11.6 Å². The number of imidazole rings is 1. The number of aliphatic hydroxyl groups is 1. The Morgan fingerprint density at radius 1 is 1.07 bits per heavy atom. The topological polar surface area (TPSA) is 105 Å². The molecule has 1 atom stereocenters. The van der Waals surface area contributed by atoms with Crippen molar-refractivity contribution in [2.45, 2.75) is 25.9 Å². The van der Waals surface area contributed by atoms with E-state index in [1.165, 1.54) is 25.8 Å². The molecule has 40 heavy (non-hydrogen) atoms. The molecule has 0 radical (unpaired) electrons. The van der Waals surface area contributed by atoms with Crippen LogP contribution in [0.5, 0.6) is 5.75 Å². The van der Waals surface area contributed by atoms with Crippen LogP contribution in [0.1, 0.15) is 13.3 Å². The minimum absolute atomic E-state index is 0.0854. The molecule has 1 aliphatic heterocycles. The molecule has 3 N–H and O–H groups in total. The molecular weight excluding hydrogens is 537 g/mol. The number of halogens is 2. The van der Waals surface area contributed by atoms with Crippen LogP contribution in [0.15, 0.2) is 64.6 Å². The Morgan fingerprint density at radius 2 is 1.82 bits per heavy atom. The molecule has 210 valence electrons. The van der Waals surface area contributed by atoms with Gasteiger partial charge in [0.1, 0.15) is 17.3 Å². The van der Waals surface area contributed by atoms with Crippen LogP contribution >= 0.6 is 11.6 Å². The minimum atomic E-state index is -0.576. The average Bonchev–Trinajstić information content (AvgIpc) is 3.26. The highest BCUT2D eigenvalue weighted by Gasteiger charge is 2.22. The molecule has 9 nitrogen and oxygen atoms in total. The summed E-state index contributed by atoms with van der Waals surface area (Å²) < 4.78 is 19.4. The van der Waals surface area contributed by atoms with Gasteiger partial charge in [-0.15, -0.1) is 0 Å². The number of aromatic hydroxyl groups is 1. The number of anilines is 1. The van der Waals surface area contributed by atoms with E-state index in [-0.39, 0.29) is 52.3 Å². The number of aliphatic hydroxyl groups excluding tert-OH is 1. The Hall–Kier alpha value is -3.86. The molecule has 0 bridgehead atoms. The zero-order valence-corrected chi connectivity index (χ0v) is 23.0. The van der Waals surface area contributed by atoms with Crippen LogP contribution in [0.4, 0.5) is 10.1 Å². The highest BCUT2D eigenvalue weighted by Crippen LogP contribution is 2.40. The fourth-order valence-corrected chi connectivity index (χ4v) is 5.38. The number of piperazine rings is 1. The first-order valence-electron chi connectivity index (χ1n) is 13.1. The molecule has 0 saturated carbocycles. The van der Waals surface area contributed by atoms with Crippen LogP contribution in [0.25, 0.3) is 27.9 Å². The van der Waals surface area contributed by atoms with E-state index in [1.807, 2.05) is 11.8 Å². The van der Waals surface area contributed by atoms with E-state index in [0.717, 1.165) is 0 Å². The van der Waals surface area contributed by atoms with E-state index < -0.39 is 5.82 Å². The number of phenolic OH excluding ortho intramolecular Hbond substituents is 1. The predicted octanol–water partition coefficient (Wildman–Crippen LogP) is 3.35. The van der Waals surface area contributed by atoms with E-state index in [9.17, 15) is 19.8 Å². The van der Waals surface area contributed by atoms with E-state index in [0.29, 0.717) is 48.6 Å². The lowest BCUT2D eigenvalue weighted by Gasteiger charge is -2.33. The fraction of sp³-hybridized carbons (Fsp3) is 0.310. The van der Waals surface area contributed by atoms with E-state index >= 15 is 4.39 Å². The molecule has 0 spiro atoms. The Bertz CT molecular complexity index is 1680. The first-order valence-corrected chi connectivity index (χ1v) is 13.5. The third kappa shape index (κ3) is 5.30. The van der Waals surface area contributed by atoms with Crippen molar-refractivity contribution in [1.82, 2.24) is 19.0 Å². The molecule has 0 aliphatic carbocycles. The molecule has 2 aromatic carbocycles. The molecule has 1 fully saturated rings. The van der Waals surface area contributed by atoms with E-state index in [2.05, 4.69) is 5.32 Å². The van der Waals surface area contributed by atoms with Gasteiger partial charge in [0.15, 0.2) is 0 Å². The van der Waals surface area contributed by atoms with Gasteiger partial charge in [0.25, 0.3) is 5.56 Å². The summed E-state index contributed by atoms with van der Waals surface area (Å²) >= 11 is 6.54. The van der Waals surface area contributed by atoms with Crippen LogP contribution in [0.3, 0.4) is 0 Å². The lowest BCUT2D eigenvalue weighted by atomic mass is 9.97.